The molecule has 0 radical (unpaired) electrons. The smallest absolute Gasteiger partial charge is 0.256 e. The van der Waals surface area contributed by atoms with Gasteiger partial charge in [0.15, 0.2) is 0 Å². The summed E-state index contributed by atoms with van der Waals surface area (Å²) in [6.07, 6.45) is 3.18. The number of fused-ring (bicyclic) bond motifs is 1. The van der Waals surface area contributed by atoms with Gasteiger partial charge in [0.25, 0.3) is 5.91 Å². The first kappa shape index (κ1) is 15.4. The monoisotopic (exact) mass is 334 g/mol. The first-order valence-electron chi connectivity index (χ1n) is 8.33. The zero-order valence-electron chi connectivity index (χ0n) is 13.6. The second-order valence-corrected chi connectivity index (χ2v) is 6.15. The highest BCUT2D eigenvalue weighted by molar-refractivity contribution is 6.07. The fourth-order valence-electron chi connectivity index (χ4n) is 3.33. The Hall–Kier alpha value is -3.15. The molecular formula is C19H18N4O2. The van der Waals surface area contributed by atoms with E-state index in [1.165, 1.54) is 0 Å². The molecule has 2 heterocycles. The standard InChI is InChI=1S/C19H18N4O2/c24-18(21-14-7-2-1-3-8-14)16-10-5-11-23(16)19(25)15-9-4-6-13-12-20-22-17(13)15/h1-4,6-9,12,16H,5,10-11H2,(H,20,22)(H,21,24). The molecule has 2 aromatic carbocycles. The van der Waals surface area contributed by atoms with E-state index < -0.39 is 6.04 Å². The molecule has 1 aliphatic rings. The molecule has 0 aliphatic carbocycles. The van der Waals surface area contributed by atoms with E-state index >= 15 is 0 Å². The Morgan fingerprint density at radius 1 is 1.12 bits per heavy atom. The van der Waals surface area contributed by atoms with Crippen molar-refractivity contribution in [2.45, 2.75) is 18.9 Å². The van der Waals surface area contributed by atoms with Crippen LogP contribution in [0.25, 0.3) is 10.9 Å². The van der Waals surface area contributed by atoms with Crippen molar-refractivity contribution in [1.82, 2.24) is 15.1 Å². The Bertz CT molecular complexity index is 919. The third-order valence-electron chi connectivity index (χ3n) is 4.56. The lowest BCUT2D eigenvalue weighted by Gasteiger charge is -2.24. The molecule has 3 aromatic rings. The lowest BCUT2D eigenvalue weighted by Crippen LogP contribution is -2.43. The summed E-state index contributed by atoms with van der Waals surface area (Å²) in [5, 5.41) is 10.7. The lowest BCUT2D eigenvalue weighted by atomic mass is 10.1. The third kappa shape index (κ3) is 2.87. The predicted molar refractivity (Wildman–Crippen MR) is 95.2 cm³/mol. The fraction of sp³-hybridized carbons (Fsp3) is 0.211. The summed E-state index contributed by atoms with van der Waals surface area (Å²) in [5.74, 6) is -0.283. The maximum absolute atomic E-state index is 13.0. The van der Waals surface area contributed by atoms with Crippen LogP contribution in [0.4, 0.5) is 5.69 Å². The third-order valence-corrected chi connectivity index (χ3v) is 4.56. The molecule has 0 saturated carbocycles. The molecule has 2 amide bonds. The molecule has 0 bridgehead atoms. The molecular weight excluding hydrogens is 316 g/mol. The number of carbonyl (C=O) groups excluding carboxylic acids is 2. The Kier molecular flexibility index (Phi) is 3.93. The zero-order chi connectivity index (χ0) is 17.2. The quantitative estimate of drug-likeness (QED) is 0.773. The van der Waals surface area contributed by atoms with Crippen molar-refractivity contribution in [2.75, 3.05) is 11.9 Å². The number of nitrogens with zero attached hydrogens (tertiary/aromatic N) is 2. The number of anilines is 1. The number of benzene rings is 2. The van der Waals surface area contributed by atoms with Crippen molar-refractivity contribution in [3.8, 4) is 0 Å². The van der Waals surface area contributed by atoms with Gasteiger partial charge in [-0.3, -0.25) is 14.7 Å². The molecule has 6 nitrogen and oxygen atoms in total. The van der Waals surface area contributed by atoms with E-state index in [1.807, 2.05) is 42.5 Å². The minimum atomic E-state index is -0.453. The minimum absolute atomic E-state index is 0.138. The van der Waals surface area contributed by atoms with Crippen molar-refractivity contribution in [1.29, 1.82) is 0 Å². The average Bonchev–Trinajstić information content (AvgIpc) is 3.31. The van der Waals surface area contributed by atoms with Crippen LogP contribution >= 0.6 is 0 Å². The number of H-pyrrole nitrogens is 1. The number of hydrogen-bond acceptors (Lipinski definition) is 3. The topological polar surface area (TPSA) is 78.1 Å². The second-order valence-electron chi connectivity index (χ2n) is 6.15. The molecule has 126 valence electrons. The van der Waals surface area contributed by atoms with Gasteiger partial charge in [-0.25, -0.2) is 0 Å². The lowest BCUT2D eigenvalue weighted by molar-refractivity contribution is -0.119. The van der Waals surface area contributed by atoms with E-state index in [-0.39, 0.29) is 11.8 Å². The van der Waals surface area contributed by atoms with Crippen LogP contribution in [0.2, 0.25) is 0 Å². The number of nitrogens with one attached hydrogen (secondary N) is 2. The van der Waals surface area contributed by atoms with Gasteiger partial charge in [0.05, 0.1) is 17.3 Å². The van der Waals surface area contributed by atoms with Gasteiger partial charge in [-0.2, -0.15) is 5.10 Å². The Balaban J connectivity index is 1.58. The van der Waals surface area contributed by atoms with Gasteiger partial charge in [-0.1, -0.05) is 30.3 Å². The van der Waals surface area contributed by atoms with Gasteiger partial charge in [0, 0.05) is 17.6 Å². The van der Waals surface area contributed by atoms with E-state index in [0.29, 0.717) is 24.0 Å². The molecule has 6 heteroatoms. The summed E-state index contributed by atoms with van der Waals surface area (Å²) >= 11 is 0. The van der Waals surface area contributed by atoms with E-state index in [2.05, 4.69) is 15.5 Å². The maximum atomic E-state index is 13.0. The molecule has 0 spiro atoms. The number of rotatable bonds is 3. The van der Waals surface area contributed by atoms with Crippen LogP contribution < -0.4 is 5.32 Å². The molecule has 1 saturated heterocycles. The molecule has 4 rings (SSSR count). The van der Waals surface area contributed by atoms with Crippen molar-refractivity contribution in [2.24, 2.45) is 0 Å². The molecule has 2 N–H and O–H groups in total. The predicted octanol–water partition coefficient (Wildman–Crippen LogP) is 2.81. The normalized spacial score (nSPS) is 17.0. The molecule has 1 aromatic heterocycles. The number of amides is 2. The van der Waals surface area contributed by atoms with Gasteiger partial charge in [0.2, 0.25) is 5.91 Å². The maximum Gasteiger partial charge on any atom is 0.256 e. The summed E-state index contributed by atoms with van der Waals surface area (Å²) in [6.45, 7) is 0.580. The summed E-state index contributed by atoms with van der Waals surface area (Å²) in [5.41, 5.74) is 2.00. The van der Waals surface area contributed by atoms with E-state index in [0.717, 1.165) is 17.5 Å². The van der Waals surface area contributed by atoms with Gasteiger partial charge >= 0.3 is 0 Å². The molecule has 1 atom stereocenters. The Morgan fingerprint density at radius 3 is 2.80 bits per heavy atom. The molecule has 1 unspecified atom stereocenters. The van der Waals surface area contributed by atoms with Gasteiger partial charge < -0.3 is 10.2 Å². The summed E-state index contributed by atoms with van der Waals surface area (Å²) in [7, 11) is 0. The summed E-state index contributed by atoms with van der Waals surface area (Å²) in [4.78, 5) is 27.3. The number of carbonyl (C=O) groups is 2. The largest absolute Gasteiger partial charge is 0.327 e. The Morgan fingerprint density at radius 2 is 1.96 bits per heavy atom. The zero-order valence-corrected chi connectivity index (χ0v) is 13.6. The average molecular weight is 334 g/mol. The van der Waals surface area contributed by atoms with Crippen LogP contribution in [-0.4, -0.2) is 39.5 Å². The number of aromatic nitrogens is 2. The van der Waals surface area contributed by atoms with Crippen molar-refractivity contribution in [3.63, 3.8) is 0 Å². The van der Waals surface area contributed by atoms with Crippen LogP contribution in [0.15, 0.2) is 54.7 Å². The summed E-state index contributed by atoms with van der Waals surface area (Å²) < 4.78 is 0. The van der Waals surface area contributed by atoms with Crippen molar-refractivity contribution < 1.29 is 9.59 Å². The van der Waals surface area contributed by atoms with Crippen molar-refractivity contribution in [3.05, 3.63) is 60.3 Å². The fourth-order valence-corrected chi connectivity index (χ4v) is 3.33. The van der Waals surface area contributed by atoms with Crippen LogP contribution in [0.5, 0.6) is 0 Å². The minimum Gasteiger partial charge on any atom is -0.327 e. The van der Waals surface area contributed by atoms with Crippen LogP contribution in [0.3, 0.4) is 0 Å². The van der Waals surface area contributed by atoms with Gasteiger partial charge in [0.1, 0.15) is 6.04 Å². The van der Waals surface area contributed by atoms with E-state index in [4.69, 9.17) is 0 Å². The first-order valence-corrected chi connectivity index (χ1v) is 8.33. The van der Waals surface area contributed by atoms with E-state index in [9.17, 15) is 9.59 Å². The Labute approximate surface area is 144 Å². The number of hydrogen-bond donors (Lipinski definition) is 2. The van der Waals surface area contributed by atoms with Gasteiger partial charge in [-0.15, -0.1) is 0 Å². The highest BCUT2D eigenvalue weighted by Crippen LogP contribution is 2.24. The first-order chi connectivity index (χ1) is 12.2. The van der Waals surface area contributed by atoms with Crippen LogP contribution in [-0.2, 0) is 4.79 Å². The van der Waals surface area contributed by atoms with Crippen LogP contribution in [0.1, 0.15) is 23.2 Å². The van der Waals surface area contributed by atoms with Crippen molar-refractivity contribution >= 4 is 28.4 Å². The highest BCUT2D eigenvalue weighted by Gasteiger charge is 2.35. The SMILES string of the molecule is O=C(Nc1ccccc1)C1CCCN1C(=O)c1cccc2cn[nH]c12. The molecule has 1 fully saturated rings. The highest BCUT2D eigenvalue weighted by atomic mass is 16.2. The number of likely N-dealkylation sites (tertiary alicyclic amines) is 1. The van der Waals surface area contributed by atoms with Gasteiger partial charge in [-0.05, 0) is 31.0 Å². The molecule has 1 aliphatic heterocycles. The number of para-hydroxylation sites is 2. The summed E-state index contributed by atoms with van der Waals surface area (Å²) in [6, 6.07) is 14.4. The second kappa shape index (κ2) is 6.39. The van der Waals surface area contributed by atoms with E-state index in [1.54, 1.807) is 17.2 Å². The molecule has 25 heavy (non-hydrogen) atoms. The van der Waals surface area contributed by atoms with Crippen LogP contribution in [0, 0.1) is 0 Å². The number of aromatic amines is 1.